The highest BCUT2D eigenvalue weighted by Gasteiger charge is 2.09. The number of rotatable bonds is 2. The molecule has 0 saturated carbocycles. The molecule has 5 heteroatoms. The predicted octanol–water partition coefficient (Wildman–Crippen LogP) is 4.64. The summed E-state index contributed by atoms with van der Waals surface area (Å²) in [6.07, 6.45) is 1.49. The first kappa shape index (κ1) is 13.3. The van der Waals surface area contributed by atoms with Crippen molar-refractivity contribution in [2.24, 2.45) is 0 Å². The largest absolute Gasteiger partial charge is 0.354 e. The fourth-order valence-corrected chi connectivity index (χ4v) is 2.35. The molecule has 0 aliphatic heterocycles. The maximum Gasteiger partial charge on any atom is 0.126 e. The second kappa shape index (κ2) is 5.39. The van der Waals surface area contributed by atoms with E-state index >= 15 is 0 Å². The Labute approximate surface area is 125 Å². The molecule has 1 heterocycles. The van der Waals surface area contributed by atoms with E-state index in [4.69, 9.17) is 11.6 Å². The molecule has 3 nitrogen and oxygen atoms in total. The van der Waals surface area contributed by atoms with E-state index in [9.17, 15) is 9.65 Å². The summed E-state index contributed by atoms with van der Waals surface area (Å²) >= 11 is 5.85. The summed E-state index contributed by atoms with van der Waals surface area (Å²) in [5.41, 5.74) is 2.20. The van der Waals surface area contributed by atoms with Crippen LogP contribution in [0.2, 0.25) is 5.02 Å². The number of anilines is 2. The van der Waals surface area contributed by atoms with Gasteiger partial charge in [0.25, 0.3) is 0 Å². The molecule has 0 unspecified atom stereocenters. The van der Waals surface area contributed by atoms with E-state index in [0.29, 0.717) is 16.9 Å². The van der Waals surface area contributed by atoms with Crippen molar-refractivity contribution in [2.75, 3.05) is 5.32 Å². The summed E-state index contributed by atoms with van der Waals surface area (Å²) in [6, 6.07) is 13.7. The fourth-order valence-electron chi connectivity index (χ4n) is 2.13. The highest BCUT2D eigenvalue weighted by molar-refractivity contribution is 6.30. The minimum Gasteiger partial charge on any atom is -0.354 e. The number of hydrogen-bond donors (Lipinski definition) is 1. The van der Waals surface area contributed by atoms with Crippen LogP contribution in [0.4, 0.5) is 15.8 Å². The molecule has 0 aliphatic rings. The molecule has 0 spiro atoms. The second-order valence-corrected chi connectivity index (χ2v) is 4.90. The van der Waals surface area contributed by atoms with E-state index < -0.39 is 5.82 Å². The van der Waals surface area contributed by atoms with Crippen molar-refractivity contribution in [3.05, 3.63) is 65.1 Å². The average Bonchev–Trinajstić information content (AvgIpc) is 2.46. The molecule has 0 fully saturated rings. The lowest BCUT2D eigenvalue weighted by Gasteiger charge is -2.11. The van der Waals surface area contributed by atoms with E-state index in [1.807, 2.05) is 24.3 Å². The van der Waals surface area contributed by atoms with E-state index in [-0.39, 0.29) is 5.02 Å². The number of halogens is 2. The number of nitrogens with one attached hydrogen (secondary N) is 1. The Kier molecular flexibility index (Phi) is 3.43. The van der Waals surface area contributed by atoms with Crippen molar-refractivity contribution in [1.29, 1.82) is 5.26 Å². The van der Waals surface area contributed by atoms with Crippen molar-refractivity contribution < 1.29 is 4.39 Å². The number of nitriles is 1. The molecule has 0 radical (unpaired) electrons. The Balaban J connectivity index is 2.17. The van der Waals surface area contributed by atoms with Crippen LogP contribution in [0.5, 0.6) is 0 Å². The molecule has 1 N–H and O–H groups in total. The van der Waals surface area contributed by atoms with E-state index in [0.717, 1.165) is 10.9 Å². The quantitative estimate of drug-likeness (QED) is 0.749. The highest BCUT2D eigenvalue weighted by Crippen LogP contribution is 2.29. The molecule has 2 aromatic carbocycles. The van der Waals surface area contributed by atoms with Crippen LogP contribution in [0.3, 0.4) is 0 Å². The van der Waals surface area contributed by atoms with Gasteiger partial charge in [-0.2, -0.15) is 5.26 Å². The second-order valence-electron chi connectivity index (χ2n) is 4.46. The Morgan fingerprint density at radius 1 is 1.19 bits per heavy atom. The predicted molar refractivity (Wildman–Crippen MR) is 81.2 cm³/mol. The van der Waals surface area contributed by atoms with Gasteiger partial charge < -0.3 is 5.32 Å². The van der Waals surface area contributed by atoms with Gasteiger partial charge in [0.15, 0.2) is 0 Å². The van der Waals surface area contributed by atoms with Crippen molar-refractivity contribution >= 4 is 33.9 Å². The topological polar surface area (TPSA) is 48.7 Å². The molecule has 0 bridgehead atoms. The van der Waals surface area contributed by atoms with E-state index in [1.165, 1.54) is 18.3 Å². The molecule has 3 rings (SSSR count). The lowest BCUT2D eigenvalue weighted by Crippen LogP contribution is -1.97. The molecule has 0 amide bonds. The van der Waals surface area contributed by atoms with Crippen molar-refractivity contribution in [3.8, 4) is 6.07 Å². The Hall–Kier alpha value is -2.64. The van der Waals surface area contributed by atoms with E-state index in [1.54, 1.807) is 6.07 Å². The van der Waals surface area contributed by atoms with Crippen molar-refractivity contribution in [1.82, 2.24) is 4.98 Å². The normalized spacial score (nSPS) is 10.3. The Morgan fingerprint density at radius 2 is 2.00 bits per heavy atom. The van der Waals surface area contributed by atoms with E-state index in [2.05, 4.69) is 16.4 Å². The summed E-state index contributed by atoms with van der Waals surface area (Å²) in [5, 5.41) is 13.4. The number of nitrogens with zero attached hydrogens (tertiary/aromatic N) is 2. The Bertz CT molecular complexity index is 851. The number of para-hydroxylation sites is 1. The molecule has 0 saturated heterocycles. The first-order valence-electron chi connectivity index (χ1n) is 6.18. The lowest BCUT2D eigenvalue weighted by molar-refractivity contribution is 0.628. The SMILES string of the molecule is N#Cc1cnc2ccccc2c1Nc1cc(F)cc(Cl)c1. The fraction of sp³-hybridized carbons (Fsp3) is 0. The van der Waals surface area contributed by atoms with Crippen LogP contribution < -0.4 is 5.32 Å². The van der Waals surface area contributed by atoms with Gasteiger partial charge in [-0.3, -0.25) is 4.98 Å². The van der Waals surface area contributed by atoms with Gasteiger partial charge in [-0.25, -0.2) is 4.39 Å². The van der Waals surface area contributed by atoms with Gasteiger partial charge >= 0.3 is 0 Å². The number of aromatic nitrogens is 1. The maximum atomic E-state index is 13.4. The van der Waals surface area contributed by atoms with Crippen LogP contribution in [-0.2, 0) is 0 Å². The summed E-state index contributed by atoms with van der Waals surface area (Å²) in [6.45, 7) is 0. The van der Waals surface area contributed by atoms with Gasteiger partial charge in [0.1, 0.15) is 11.9 Å². The van der Waals surface area contributed by atoms with Gasteiger partial charge in [-0.1, -0.05) is 29.8 Å². The maximum absolute atomic E-state index is 13.4. The Morgan fingerprint density at radius 3 is 2.76 bits per heavy atom. The monoisotopic (exact) mass is 297 g/mol. The van der Waals surface area contributed by atoms with Gasteiger partial charge in [0.2, 0.25) is 0 Å². The zero-order valence-electron chi connectivity index (χ0n) is 10.8. The van der Waals surface area contributed by atoms with Crippen LogP contribution >= 0.6 is 11.6 Å². The summed E-state index contributed by atoms with van der Waals surface area (Å²) in [5.74, 6) is -0.443. The minimum atomic E-state index is -0.443. The third-order valence-electron chi connectivity index (χ3n) is 3.03. The minimum absolute atomic E-state index is 0.286. The van der Waals surface area contributed by atoms with Gasteiger partial charge in [0, 0.05) is 22.3 Å². The third kappa shape index (κ3) is 2.64. The molecule has 102 valence electrons. The molecule has 3 aromatic rings. The number of benzene rings is 2. The third-order valence-corrected chi connectivity index (χ3v) is 3.25. The van der Waals surface area contributed by atoms with Crippen LogP contribution in [0.1, 0.15) is 5.56 Å². The van der Waals surface area contributed by atoms with Gasteiger partial charge in [-0.05, 0) is 24.3 Å². The highest BCUT2D eigenvalue weighted by atomic mass is 35.5. The van der Waals surface area contributed by atoms with Gasteiger partial charge in [-0.15, -0.1) is 0 Å². The molecular weight excluding hydrogens is 289 g/mol. The molecule has 0 aliphatic carbocycles. The van der Waals surface area contributed by atoms with Crippen LogP contribution in [0.25, 0.3) is 10.9 Å². The van der Waals surface area contributed by atoms with Crippen molar-refractivity contribution in [3.63, 3.8) is 0 Å². The molecular formula is C16H9ClFN3. The summed E-state index contributed by atoms with van der Waals surface area (Å²) in [7, 11) is 0. The number of hydrogen-bond acceptors (Lipinski definition) is 3. The average molecular weight is 298 g/mol. The zero-order valence-corrected chi connectivity index (χ0v) is 11.5. The number of pyridine rings is 1. The first-order chi connectivity index (χ1) is 10.2. The van der Waals surface area contributed by atoms with Crippen LogP contribution in [-0.4, -0.2) is 4.98 Å². The summed E-state index contributed by atoms with van der Waals surface area (Å²) in [4.78, 5) is 4.23. The smallest absolute Gasteiger partial charge is 0.126 e. The van der Waals surface area contributed by atoms with Crippen LogP contribution in [0.15, 0.2) is 48.7 Å². The summed E-state index contributed by atoms with van der Waals surface area (Å²) < 4.78 is 13.4. The molecule has 21 heavy (non-hydrogen) atoms. The lowest BCUT2D eigenvalue weighted by atomic mass is 10.1. The molecule has 1 aromatic heterocycles. The first-order valence-corrected chi connectivity index (χ1v) is 6.56. The van der Waals surface area contributed by atoms with Gasteiger partial charge in [0.05, 0.1) is 16.8 Å². The van der Waals surface area contributed by atoms with Crippen LogP contribution in [0, 0.1) is 17.1 Å². The van der Waals surface area contributed by atoms with Crippen molar-refractivity contribution in [2.45, 2.75) is 0 Å². The number of fused-ring (bicyclic) bond motifs is 1. The standard InChI is InChI=1S/C16H9ClFN3/c17-11-5-12(18)7-13(6-11)21-16-10(8-19)9-20-15-4-2-1-3-14(15)16/h1-7,9H,(H,20,21). The molecule has 0 atom stereocenters. The zero-order chi connectivity index (χ0) is 14.8.